The fraction of sp³-hybridized carbons (Fsp3) is 0.333. The van der Waals surface area contributed by atoms with E-state index >= 15 is 0 Å². The Kier molecular flexibility index (Phi) is 5.93. The maximum Gasteiger partial charge on any atom is 0.251 e. The maximum atomic E-state index is 12.4. The average Bonchev–Trinajstić information content (AvgIpc) is 3.04. The Morgan fingerprint density at radius 1 is 1.12 bits per heavy atom. The summed E-state index contributed by atoms with van der Waals surface area (Å²) in [6.07, 6.45) is 0.962. The van der Waals surface area contributed by atoms with Gasteiger partial charge in [-0.2, -0.15) is 11.8 Å². The second kappa shape index (κ2) is 8.35. The van der Waals surface area contributed by atoms with Crippen LogP contribution in [0.25, 0.3) is 0 Å². The number of nitrogens with one attached hydrogen (secondary N) is 1. The van der Waals surface area contributed by atoms with E-state index in [9.17, 15) is 9.59 Å². The van der Waals surface area contributed by atoms with Crippen molar-refractivity contribution in [3.63, 3.8) is 0 Å². The Morgan fingerprint density at radius 2 is 1.96 bits per heavy atom. The third kappa shape index (κ3) is 4.39. The molecule has 6 heteroatoms. The highest BCUT2D eigenvalue weighted by molar-refractivity contribution is 7.99. The SMILES string of the molecule is O=C(NCC(=O)N1CCS[C@H](c2cccs2)CC1)c1ccccc1. The van der Waals surface area contributed by atoms with Crippen LogP contribution < -0.4 is 5.32 Å². The van der Waals surface area contributed by atoms with Crippen LogP contribution in [0.2, 0.25) is 0 Å². The van der Waals surface area contributed by atoms with Crippen molar-refractivity contribution in [2.45, 2.75) is 11.7 Å². The molecule has 0 bridgehead atoms. The van der Waals surface area contributed by atoms with E-state index in [1.54, 1.807) is 23.5 Å². The molecule has 2 heterocycles. The summed E-state index contributed by atoms with van der Waals surface area (Å²) in [4.78, 5) is 27.7. The quantitative estimate of drug-likeness (QED) is 0.911. The van der Waals surface area contributed by atoms with Crippen LogP contribution in [0.4, 0.5) is 0 Å². The van der Waals surface area contributed by atoms with Crippen molar-refractivity contribution in [2.75, 3.05) is 25.4 Å². The number of hydrogen-bond donors (Lipinski definition) is 1. The van der Waals surface area contributed by atoms with E-state index < -0.39 is 0 Å². The fourth-order valence-electron chi connectivity index (χ4n) is 2.68. The lowest BCUT2D eigenvalue weighted by molar-refractivity contribution is -0.129. The van der Waals surface area contributed by atoms with Crippen molar-refractivity contribution in [3.05, 3.63) is 58.3 Å². The van der Waals surface area contributed by atoms with Gasteiger partial charge in [0.25, 0.3) is 5.91 Å². The van der Waals surface area contributed by atoms with Crippen molar-refractivity contribution in [1.82, 2.24) is 10.2 Å². The number of benzene rings is 1. The Morgan fingerprint density at radius 3 is 2.71 bits per heavy atom. The molecule has 24 heavy (non-hydrogen) atoms. The number of thiophene rings is 1. The molecule has 1 fully saturated rings. The van der Waals surface area contributed by atoms with Crippen molar-refractivity contribution in [3.8, 4) is 0 Å². The molecule has 1 aliphatic rings. The Balaban J connectivity index is 1.49. The zero-order valence-corrected chi connectivity index (χ0v) is 14.9. The van der Waals surface area contributed by atoms with Gasteiger partial charge in [-0.15, -0.1) is 11.3 Å². The first-order valence-corrected chi connectivity index (χ1v) is 9.93. The number of carbonyl (C=O) groups is 2. The molecule has 0 spiro atoms. The fourth-order valence-corrected chi connectivity index (χ4v) is 4.92. The van der Waals surface area contributed by atoms with Crippen LogP contribution in [-0.2, 0) is 4.79 Å². The Labute approximate surface area is 150 Å². The lowest BCUT2D eigenvalue weighted by atomic mass is 10.2. The Bertz CT molecular complexity index is 674. The molecular weight excluding hydrogens is 340 g/mol. The van der Waals surface area contributed by atoms with Gasteiger partial charge in [-0.3, -0.25) is 9.59 Å². The number of carbonyl (C=O) groups excluding carboxylic acids is 2. The minimum absolute atomic E-state index is 0.00768. The first-order chi connectivity index (χ1) is 11.7. The van der Waals surface area contributed by atoms with Gasteiger partial charge in [-0.05, 0) is 30.0 Å². The number of amides is 2. The van der Waals surface area contributed by atoms with E-state index in [0.29, 0.717) is 10.8 Å². The predicted octanol–water partition coefficient (Wildman–Crippen LogP) is 3.18. The van der Waals surface area contributed by atoms with Gasteiger partial charge in [0.2, 0.25) is 5.91 Å². The summed E-state index contributed by atoms with van der Waals surface area (Å²) in [6, 6.07) is 13.2. The molecule has 126 valence electrons. The van der Waals surface area contributed by atoms with E-state index in [1.807, 2.05) is 34.9 Å². The van der Waals surface area contributed by atoms with Gasteiger partial charge in [0.1, 0.15) is 0 Å². The van der Waals surface area contributed by atoms with Crippen LogP contribution in [0.1, 0.15) is 26.9 Å². The number of thioether (sulfide) groups is 1. The van der Waals surface area contributed by atoms with E-state index in [0.717, 1.165) is 25.3 Å². The molecule has 3 rings (SSSR count). The van der Waals surface area contributed by atoms with E-state index in [1.165, 1.54) is 4.88 Å². The van der Waals surface area contributed by atoms with E-state index in [2.05, 4.69) is 22.8 Å². The van der Waals surface area contributed by atoms with Crippen molar-refractivity contribution in [1.29, 1.82) is 0 Å². The number of rotatable bonds is 4. The normalized spacial score (nSPS) is 18.0. The maximum absolute atomic E-state index is 12.4. The molecule has 1 atom stereocenters. The number of hydrogen-bond acceptors (Lipinski definition) is 4. The highest BCUT2D eigenvalue weighted by atomic mass is 32.2. The minimum atomic E-state index is -0.204. The third-order valence-electron chi connectivity index (χ3n) is 3.99. The molecule has 0 aliphatic carbocycles. The standard InChI is InChI=1S/C18H20N2O2S2/c21-17(13-19-18(22)14-5-2-1-3-6-14)20-9-8-16(24-12-10-20)15-7-4-11-23-15/h1-7,11,16H,8-10,12-13H2,(H,19,22)/t16-/m0/s1. The van der Waals surface area contributed by atoms with E-state index in [-0.39, 0.29) is 18.4 Å². The molecule has 1 aromatic carbocycles. The molecule has 1 aliphatic heterocycles. The van der Waals surface area contributed by atoms with Crippen LogP contribution in [0.3, 0.4) is 0 Å². The second-order valence-electron chi connectivity index (χ2n) is 5.59. The van der Waals surface area contributed by atoms with Gasteiger partial charge in [-0.1, -0.05) is 24.3 Å². The largest absolute Gasteiger partial charge is 0.343 e. The first-order valence-electron chi connectivity index (χ1n) is 8.00. The topological polar surface area (TPSA) is 49.4 Å². The molecule has 0 unspecified atom stereocenters. The summed E-state index contributed by atoms with van der Waals surface area (Å²) in [6.45, 7) is 1.55. The second-order valence-corrected chi connectivity index (χ2v) is 7.88. The number of nitrogens with zero attached hydrogens (tertiary/aromatic N) is 1. The van der Waals surface area contributed by atoms with Gasteiger partial charge in [-0.25, -0.2) is 0 Å². The summed E-state index contributed by atoms with van der Waals surface area (Å²) in [5.74, 6) is 0.720. The van der Waals surface area contributed by atoms with Gasteiger partial charge in [0.05, 0.1) is 6.54 Å². The van der Waals surface area contributed by atoms with Crippen LogP contribution in [0.5, 0.6) is 0 Å². The van der Waals surface area contributed by atoms with Gasteiger partial charge < -0.3 is 10.2 Å². The highest BCUT2D eigenvalue weighted by Crippen LogP contribution is 2.36. The lowest BCUT2D eigenvalue weighted by Crippen LogP contribution is -2.41. The molecule has 1 saturated heterocycles. The molecule has 0 radical (unpaired) electrons. The molecular formula is C18H20N2O2S2. The lowest BCUT2D eigenvalue weighted by Gasteiger charge is -2.20. The summed E-state index contributed by atoms with van der Waals surface area (Å²) in [7, 11) is 0. The monoisotopic (exact) mass is 360 g/mol. The molecule has 2 amide bonds. The van der Waals surface area contributed by atoms with Crippen molar-refractivity contribution >= 4 is 34.9 Å². The van der Waals surface area contributed by atoms with Crippen LogP contribution in [0, 0.1) is 0 Å². The van der Waals surface area contributed by atoms with Gasteiger partial charge in [0, 0.05) is 34.5 Å². The molecule has 0 saturated carbocycles. The van der Waals surface area contributed by atoms with Crippen LogP contribution >= 0.6 is 23.1 Å². The van der Waals surface area contributed by atoms with Crippen molar-refractivity contribution < 1.29 is 9.59 Å². The highest BCUT2D eigenvalue weighted by Gasteiger charge is 2.22. The summed E-state index contributed by atoms with van der Waals surface area (Å²) >= 11 is 3.69. The zero-order valence-electron chi connectivity index (χ0n) is 13.3. The van der Waals surface area contributed by atoms with Gasteiger partial charge in [0.15, 0.2) is 0 Å². The van der Waals surface area contributed by atoms with Crippen molar-refractivity contribution in [2.24, 2.45) is 0 Å². The smallest absolute Gasteiger partial charge is 0.251 e. The first kappa shape index (κ1) is 17.0. The van der Waals surface area contributed by atoms with E-state index in [4.69, 9.17) is 0 Å². The molecule has 1 N–H and O–H groups in total. The molecule has 4 nitrogen and oxygen atoms in total. The third-order valence-corrected chi connectivity index (χ3v) is 6.44. The minimum Gasteiger partial charge on any atom is -0.343 e. The average molecular weight is 361 g/mol. The summed E-state index contributed by atoms with van der Waals surface area (Å²) < 4.78 is 0. The zero-order chi connectivity index (χ0) is 16.8. The van der Waals surface area contributed by atoms with Crippen LogP contribution in [0.15, 0.2) is 47.8 Å². The molecule has 1 aromatic heterocycles. The Hall–Kier alpha value is -1.79. The molecule has 2 aromatic rings. The van der Waals surface area contributed by atoms with Crippen LogP contribution in [-0.4, -0.2) is 42.1 Å². The predicted molar refractivity (Wildman–Crippen MR) is 99.5 cm³/mol. The summed E-state index contributed by atoms with van der Waals surface area (Å²) in [5.41, 5.74) is 0.578. The summed E-state index contributed by atoms with van der Waals surface area (Å²) in [5, 5.41) is 5.29. The van der Waals surface area contributed by atoms with Gasteiger partial charge >= 0.3 is 0 Å².